The molecule has 1 aromatic heterocycles. The van der Waals surface area contributed by atoms with E-state index in [0.29, 0.717) is 6.61 Å². The average molecular weight is 352 g/mol. The van der Waals surface area contributed by atoms with E-state index in [9.17, 15) is 0 Å². The highest BCUT2D eigenvalue weighted by atomic mass is 79.9. The fraction of sp³-hybridized carbons (Fsp3) is 0.438. The molecular formula is C16H22BrN3O. The van der Waals surface area contributed by atoms with E-state index in [1.54, 1.807) is 0 Å². The first-order valence-electron chi connectivity index (χ1n) is 7.38. The van der Waals surface area contributed by atoms with Crippen molar-refractivity contribution in [2.45, 2.75) is 33.4 Å². The van der Waals surface area contributed by atoms with Gasteiger partial charge < -0.3 is 10.1 Å². The van der Waals surface area contributed by atoms with Crippen LogP contribution >= 0.6 is 15.9 Å². The van der Waals surface area contributed by atoms with Crippen LogP contribution in [0.15, 0.2) is 34.8 Å². The van der Waals surface area contributed by atoms with Gasteiger partial charge in [0.2, 0.25) is 0 Å². The molecule has 2 rings (SSSR count). The Balaban J connectivity index is 1.79. The number of ether oxygens (including phenoxy) is 1. The molecule has 2 aromatic rings. The summed E-state index contributed by atoms with van der Waals surface area (Å²) in [5.41, 5.74) is 2.32. The quantitative estimate of drug-likeness (QED) is 0.740. The number of hydrogen-bond acceptors (Lipinski definition) is 3. The lowest BCUT2D eigenvalue weighted by Gasteiger charge is -2.09. The first-order valence-corrected chi connectivity index (χ1v) is 8.18. The Bertz CT molecular complexity index is 554. The maximum absolute atomic E-state index is 5.66. The lowest BCUT2D eigenvalue weighted by Crippen LogP contribution is -2.22. The molecule has 5 heteroatoms. The van der Waals surface area contributed by atoms with Crippen molar-refractivity contribution in [3.8, 4) is 5.75 Å². The van der Waals surface area contributed by atoms with Crippen LogP contribution in [0, 0.1) is 0 Å². The number of benzene rings is 1. The normalized spacial score (nSPS) is 10.8. The smallest absolute Gasteiger partial charge is 0.119 e. The van der Waals surface area contributed by atoms with E-state index in [4.69, 9.17) is 4.74 Å². The molecule has 0 atom stereocenters. The summed E-state index contributed by atoms with van der Waals surface area (Å²) in [4.78, 5) is 0. The van der Waals surface area contributed by atoms with E-state index < -0.39 is 0 Å². The standard InChI is InChI=1S/C16H22BrN3O/c1-3-14-16(17)15(20(4-2)19-14)12-18-10-11-21-13-8-6-5-7-9-13/h5-9,18H,3-4,10-12H2,1-2H3. The molecule has 0 saturated heterocycles. The molecule has 0 spiro atoms. The predicted octanol–water partition coefficient (Wildman–Crippen LogP) is 3.40. The third-order valence-corrected chi connectivity index (χ3v) is 4.19. The molecule has 0 bridgehead atoms. The maximum Gasteiger partial charge on any atom is 0.119 e. The molecule has 0 amide bonds. The second-order valence-corrected chi connectivity index (χ2v) is 5.51. The van der Waals surface area contributed by atoms with E-state index in [-0.39, 0.29) is 0 Å². The summed E-state index contributed by atoms with van der Waals surface area (Å²) in [5.74, 6) is 0.910. The third-order valence-electron chi connectivity index (χ3n) is 3.28. The zero-order valence-corrected chi connectivity index (χ0v) is 14.2. The molecule has 0 unspecified atom stereocenters. The minimum absolute atomic E-state index is 0.655. The highest BCUT2D eigenvalue weighted by Gasteiger charge is 2.12. The zero-order chi connectivity index (χ0) is 15.1. The van der Waals surface area contributed by atoms with E-state index in [2.05, 4.69) is 40.2 Å². The number of rotatable bonds is 8. The summed E-state index contributed by atoms with van der Waals surface area (Å²) in [6.45, 7) is 7.37. The Morgan fingerprint density at radius 1 is 1.24 bits per heavy atom. The highest BCUT2D eigenvalue weighted by molar-refractivity contribution is 9.10. The van der Waals surface area contributed by atoms with Crippen molar-refractivity contribution in [3.63, 3.8) is 0 Å². The second kappa shape index (κ2) is 8.20. The number of halogens is 1. The first kappa shape index (κ1) is 16.0. The molecule has 21 heavy (non-hydrogen) atoms. The van der Waals surface area contributed by atoms with Gasteiger partial charge in [0.1, 0.15) is 12.4 Å². The Labute approximate surface area is 134 Å². The summed E-state index contributed by atoms with van der Waals surface area (Å²) < 4.78 is 8.84. The van der Waals surface area contributed by atoms with Gasteiger partial charge in [-0.2, -0.15) is 5.10 Å². The highest BCUT2D eigenvalue weighted by Crippen LogP contribution is 2.22. The van der Waals surface area contributed by atoms with Crippen LogP contribution < -0.4 is 10.1 Å². The van der Waals surface area contributed by atoms with Gasteiger partial charge in [0.25, 0.3) is 0 Å². The van der Waals surface area contributed by atoms with Crippen LogP contribution in [-0.4, -0.2) is 22.9 Å². The summed E-state index contributed by atoms with van der Waals surface area (Å²) in [5, 5.41) is 8.00. The van der Waals surface area contributed by atoms with E-state index in [1.807, 2.05) is 35.0 Å². The molecule has 0 radical (unpaired) electrons. The van der Waals surface area contributed by atoms with Crippen LogP contribution in [0.25, 0.3) is 0 Å². The fourth-order valence-corrected chi connectivity index (χ4v) is 2.86. The third kappa shape index (κ3) is 4.32. The van der Waals surface area contributed by atoms with Crippen LogP contribution in [0.5, 0.6) is 5.75 Å². The van der Waals surface area contributed by atoms with Crippen LogP contribution in [0.2, 0.25) is 0 Å². The minimum atomic E-state index is 0.655. The summed E-state index contributed by atoms with van der Waals surface area (Å²) in [7, 11) is 0. The van der Waals surface area contributed by atoms with Crippen molar-refractivity contribution in [2.24, 2.45) is 0 Å². The number of para-hydroxylation sites is 1. The number of nitrogens with zero attached hydrogens (tertiary/aromatic N) is 2. The van der Waals surface area contributed by atoms with E-state index in [1.165, 1.54) is 5.69 Å². The summed E-state index contributed by atoms with van der Waals surface area (Å²) in [6.07, 6.45) is 0.942. The van der Waals surface area contributed by atoms with Gasteiger partial charge >= 0.3 is 0 Å². The number of aryl methyl sites for hydroxylation is 2. The van der Waals surface area contributed by atoms with E-state index in [0.717, 1.165) is 42.0 Å². The Morgan fingerprint density at radius 2 is 2.00 bits per heavy atom. The average Bonchev–Trinajstić information content (AvgIpc) is 2.84. The van der Waals surface area contributed by atoms with Crippen LogP contribution in [-0.2, 0) is 19.5 Å². The number of nitrogens with one attached hydrogen (secondary N) is 1. The van der Waals surface area contributed by atoms with Crippen molar-refractivity contribution in [1.82, 2.24) is 15.1 Å². The van der Waals surface area contributed by atoms with Crippen LogP contribution in [0.4, 0.5) is 0 Å². The molecule has 0 aliphatic carbocycles. The van der Waals surface area contributed by atoms with Gasteiger partial charge in [-0.25, -0.2) is 0 Å². The predicted molar refractivity (Wildman–Crippen MR) is 88.6 cm³/mol. The monoisotopic (exact) mass is 351 g/mol. The molecule has 0 aliphatic heterocycles. The zero-order valence-electron chi connectivity index (χ0n) is 12.6. The van der Waals surface area contributed by atoms with Gasteiger partial charge in [-0.15, -0.1) is 0 Å². The van der Waals surface area contributed by atoms with Gasteiger partial charge in [0, 0.05) is 19.6 Å². The van der Waals surface area contributed by atoms with Gasteiger partial charge in [0.05, 0.1) is 15.9 Å². The van der Waals surface area contributed by atoms with Gasteiger partial charge in [0.15, 0.2) is 0 Å². The summed E-state index contributed by atoms with van der Waals surface area (Å²) >= 11 is 3.65. The minimum Gasteiger partial charge on any atom is -0.492 e. The topological polar surface area (TPSA) is 39.1 Å². The lowest BCUT2D eigenvalue weighted by atomic mass is 10.3. The Hall–Kier alpha value is -1.33. The SMILES string of the molecule is CCc1nn(CC)c(CNCCOc2ccccc2)c1Br. The van der Waals surface area contributed by atoms with Gasteiger partial charge in [-0.1, -0.05) is 25.1 Å². The maximum atomic E-state index is 5.66. The number of aromatic nitrogens is 2. The van der Waals surface area contributed by atoms with E-state index >= 15 is 0 Å². The molecular weight excluding hydrogens is 330 g/mol. The molecule has 1 aromatic carbocycles. The molecule has 0 aliphatic rings. The molecule has 1 heterocycles. The van der Waals surface area contributed by atoms with Crippen molar-refractivity contribution >= 4 is 15.9 Å². The van der Waals surface area contributed by atoms with Crippen molar-refractivity contribution in [3.05, 3.63) is 46.2 Å². The molecule has 4 nitrogen and oxygen atoms in total. The van der Waals surface area contributed by atoms with Gasteiger partial charge in [-0.05, 0) is 41.4 Å². The Kier molecular flexibility index (Phi) is 6.26. The summed E-state index contributed by atoms with van der Waals surface area (Å²) in [6, 6.07) is 9.88. The van der Waals surface area contributed by atoms with Gasteiger partial charge in [-0.3, -0.25) is 4.68 Å². The molecule has 0 saturated carbocycles. The second-order valence-electron chi connectivity index (χ2n) is 4.71. The lowest BCUT2D eigenvalue weighted by molar-refractivity contribution is 0.312. The van der Waals surface area contributed by atoms with Crippen molar-refractivity contribution < 1.29 is 4.74 Å². The molecule has 114 valence electrons. The van der Waals surface area contributed by atoms with Crippen molar-refractivity contribution in [1.29, 1.82) is 0 Å². The van der Waals surface area contributed by atoms with Crippen LogP contribution in [0.1, 0.15) is 25.2 Å². The number of hydrogen-bond donors (Lipinski definition) is 1. The van der Waals surface area contributed by atoms with Crippen LogP contribution in [0.3, 0.4) is 0 Å². The fourth-order valence-electron chi connectivity index (χ4n) is 2.15. The largest absolute Gasteiger partial charge is 0.492 e. The molecule has 0 fully saturated rings. The first-order chi connectivity index (χ1) is 10.3. The van der Waals surface area contributed by atoms with Crippen molar-refractivity contribution in [2.75, 3.05) is 13.2 Å². The Morgan fingerprint density at radius 3 is 2.67 bits per heavy atom. The molecule has 1 N–H and O–H groups in total.